The Morgan fingerprint density at radius 2 is 2.10 bits per heavy atom. The molecule has 0 radical (unpaired) electrons. The largest absolute Gasteiger partial charge is 0.340 e. The molecule has 0 saturated carbocycles. The van der Waals surface area contributed by atoms with E-state index in [1.54, 1.807) is 0 Å². The van der Waals surface area contributed by atoms with Crippen LogP contribution in [-0.2, 0) is 4.79 Å². The zero-order valence-corrected chi connectivity index (χ0v) is 13.3. The van der Waals surface area contributed by atoms with E-state index in [2.05, 4.69) is 48.3 Å². The Morgan fingerprint density at radius 1 is 1.33 bits per heavy atom. The van der Waals surface area contributed by atoms with E-state index in [0.29, 0.717) is 24.4 Å². The summed E-state index contributed by atoms with van der Waals surface area (Å²) < 4.78 is 0. The summed E-state index contributed by atoms with van der Waals surface area (Å²) in [6.07, 6.45) is 5.30. The molecule has 2 rings (SSSR count). The third kappa shape index (κ3) is 4.57. The van der Waals surface area contributed by atoms with Crippen molar-refractivity contribution < 1.29 is 4.79 Å². The highest BCUT2D eigenvalue weighted by molar-refractivity contribution is 5.76. The van der Waals surface area contributed by atoms with Gasteiger partial charge in [0.1, 0.15) is 0 Å². The van der Waals surface area contributed by atoms with Crippen LogP contribution in [0.15, 0.2) is 30.3 Å². The fourth-order valence-electron chi connectivity index (χ4n) is 3.15. The molecule has 1 saturated heterocycles. The number of hydrogen-bond donors (Lipinski definition) is 1. The van der Waals surface area contributed by atoms with Gasteiger partial charge in [-0.25, -0.2) is 0 Å². The van der Waals surface area contributed by atoms with Crippen molar-refractivity contribution in [3.05, 3.63) is 35.9 Å². The van der Waals surface area contributed by atoms with Crippen LogP contribution >= 0.6 is 0 Å². The van der Waals surface area contributed by atoms with Crippen LogP contribution in [0, 0.1) is 0 Å². The first kappa shape index (κ1) is 16.0. The molecule has 1 heterocycles. The van der Waals surface area contributed by atoms with Crippen molar-refractivity contribution in [2.45, 2.75) is 58.0 Å². The van der Waals surface area contributed by atoms with Gasteiger partial charge in [0.05, 0.1) is 0 Å². The number of amides is 1. The minimum atomic E-state index is 0.294. The van der Waals surface area contributed by atoms with Gasteiger partial charge in [-0.2, -0.15) is 0 Å². The maximum Gasteiger partial charge on any atom is 0.224 e. The van der Waals surface area contributed by atoms with Gasteiger partial charge in [-0.1, -0.05) is 37.3 Å². The molecule has 1 aromatic carbocycles. The molecule has 21 heavy (non-hydrogen) atoms. The van der Waals surface area contributed by atoms with Crippen molar-refractivity contribution in [1.29, 1.82) is 0 Å². The van der Waals surface area contributed by atoms with E-state index in [4.69, 9.17) is 0 Å². The number of rotatable bonds is 6. The van der Waals surface area contributed by atoms with Gasteiger partial charge in [-0.3, -0.25) is 4.79 Å². The summed E-state index contributed by atoms with van der Waals surface area (Å²) in [7, 11) is 0. The van der Waals surface area contributed by atoms with Crippen molar-refractivity contribution >= 4 is 5.91 Å². The van der Waals surface area contributed by atoms with Gasteiger partial charge in [0.15, 0.2) is 0 Å². The van der Waals surface area contributed by atoms with Gasteiger partial charge in [-0.05, 0) is 38.2 Å². The molecule has 2 unspecified atom stereocenters. The van der Waals surface area contributed by atoms with Crippen LogP contribution in [0.2, 0.25) is 0 Å². The van der Waals surface area contributed by atoms with Gasteiger partial charge in [0.2, 0.25) is 5.91 Å². The van der Waals surface area contributed by atoms with Gasteiger partial charge in [-0.15, -0.1) is 0 Å². The predicted molar refractivity (Wildman–Crippen MR) is 87.1 cm³/mol. The predicted octanol–water partition coefficient (Wildman–Crippen LogP) is 3.52. The molecular weight excluding hydrogens is 260 g/mol. The number of likely N-dealkylation sites (tertiary alicyclic amines) is 1. The second-order valence-electron chi connectivity index (χ2n) is 5.98. The van der Waals surface area contributed by atoms with Crippen LogP contribution in [-0.4, -0.2) is 29.9 Å². The average Bonchev–Trinajstić information content (AvgIpc) is 2.55. The summed E-state index contributed by atoms with van der Waals surface area (Å²) in [5.74, 6) is 0.314. The van der Waals surface area contributed by atoms with Crippen molar-refractivity contribution in [2.24, 2.45) is 0 Å². The summed E-state index contributed by atoms with van der Waals surface area (Å²) in [5, 5.41) is 3.45. The van der Waals surface area contributed by atoms with Crippen molar-refractivity contribution in [3.8, 4) is 0 Å². The SMILES string of the molecule is CCC1CCCCN1C(=O)CCNC(C)c1ccccc1. The Labute approximate surface area is 128 Å². The molecule has 1 aliphatic rings. The lowest BCUT2D eigenvalue weighted by atomic mass is 9.99. The lowest BCUT2D eigenvalue weighted by molar-refractivity contribution is -0.134. The zero-order chi connectivity index (χ0) is 15.1. The fraction of sp³-hybridized carbons (Fsp3) is 0.611. The van der Waals surface area contributed by atoms with E-state index in [-0.39, 0.29) is 0 Å². The number of nitrogens with zero attached hydrogens (tertiary/aromatic N) is 1. The van der Waals surface area contributed by atoms with E-state index in [0.717, 1.165) is 25.9 Å². The van der Waals surface area contributed by atoms with Crippen LogP contribution in [0.25, 0.3) is 0 Å². The molecule has 1 aromatic rings. The average molecular weight is 288 g/mol. The lowest BCUT2D eigenvalue weighted by Crippen LogP contribution is -2.44. The van der Waals surface area contributed by atoms with Gasteiger partial charge in [0.25, 0.3) is 0 Å². The Balaban J connectivity index is 1.76. The standard InChI is InChI=1S/C18H28N2O/c1-3-17-11-7-8-14-20(17)18(21)12-13-19-15(2)16-9-5-4-6-10-16/h4-6,9-10,15,17,19H,3,7-8,11-14H2,1-2H3. The van der Waals surface area contributed by atoms with Gasteiger partial charge in [0, 0.05) is 31.6 Å². The molecule has 0 aliphatic carbocycles. The van der Waals surface area contributed by atoms with Crippen molar-refractivity contribution in [3.63, 3.8) is 0 Å². The minimum Gasteiger partial charge on any atom is -0.340 e. The van der Waals surface area contributed by atoms with E-state index >= 15 is 0 Å². The molecule has 2 atom stereocenters. The van der Waals surface area contributed by atoms with Crippen LogP contribution in [0.3, 0.4) is 0 Å². The summed E-state index contributed by atoms with van der Waals surface area (Å²) in [6, 6.07) is 11.1. The van der Waals surface area contributed by atoms with Crippen molar-refractivity contribution in [2.75, 3.05) is 13.1 Å². The molecule has 0 bridgehead atoms. The second-order valence-corrected chi connectivity index (χ2v) is 5.98. The second kappa shape index (κ2) is 8.18. The first-order valence-corrected chi connectivity index (χ1v) is 8.30. The molecule has 0 spiro atoms. The highest BCUT2D eigenvalue weighted by atomic mass is 16.2. The molecule has 0 aromatic heterocycles. The van der Waals surface area contributed by atoms with Crippen molar-refractivity contribution in [1.82, 2.24) is 10.2 Å². The third-order valence-corrected chi connectivity index (χ3v) is 4.51. The third-order valence-electron chi connectivity index (χ3n) is 4.51. The maximum atomic E-state index is 12.4. The zero-order valence-electron chi connectivity index (χ0n) is 13.3. The monoisotopic (exact) mass is 288 g/mol. The normalized spacial score (nSPS) is 20.3. The van der Waals surface area contributed by atoms with Crippen LogP contribution in [0.4, 0.5) is 0 Å². The highest BCUT2D eigenvalue weighted by Crippen LogP contribution is 2.20. The van der Waals surface area contributed by atoms with Gasteiger partial charge < -0.3 is 10.2 Å². The molecule has 1 N–H and O–H groups in total. The van der Waals surface area contributed by atoms with Gasteiger partial charge >= 0.3 is 0 Å². The summed E-state index contributed by atoms with van der Waals surface area (Å²) in [4.78, 5) is 14.5. The van der Waals surface area contributed by atoms with E-state index in [9.17, 15) is 4.79 Å². The Bertz CT molecular complexity index is 432. The smallest absolute Gasteiger partial charge is 0.224 e. The lowest BCUT2D eigenvalue weighted by Gasteiger charge is -2.35. The van der Waals surface area contributed by atoms with Crippen LogP contribution in [0.1, 0.15) is 57.6 Å². The fourth-order valence-corrected chi connectivity index (χ4v) is 3.15. The molecule has 3 heteroatoms. The summed E-state index contributed by atoms with van der Waals surface area (Å²) in [5.41, 5.74) is 1.27. The molecule has 1 aliphatic heterocycles. The highest BCUT2D eigenvalue weighted by Gasteiger charge is 2.24. The molecular formula is C18H28N2O. The number of benzene rings is 1. The first-order valence-electron chi connectivity index (χ1n) is 8.30. The minimum absolute atomic E-state index is 0.294. The number of nitrogens with one attached hydrogen (secondary N) is 1. The number of hydrogen-bond acceptors (Lipinski definition) is 2. The molecule has 116 valence electrons. The summed E-state index contributed by atoms with van der Waals surface area (Å²) in [6.45, 7) is 6.04. The van der Waals surface area contributed by atoms with Crippen LogP contribution < -0.4 is 5.32 Å². The number of piperidine rings is 1. The Hall–Kier alpha value is -1.35. The Morgan fingerprint density at radius 3 is 2.81 bits per heavy atom. The van der Waals surface area contributed by atoms with E-state index < -0.39 is 0 Å². The van der Waals surface area contributed by atoms with E-state index in [1.807, 2.05) is 6.07 Å². The molecule has 1 fully saturated rings. The topological polar surface area (TPSA) is 32.3 Å². The number of carbonyl (C=O) groups is 1. The quantitative estimate of drug-likeness (QED) is 0.868. The maximum absolute atomic E-state index is 12.4. The first-order chi connectivity index (χ1) is 10.2. The van der Waals surface area contributed by atoms with Crippen LogP contribution in [0.5, 0.6) is 0 Å². The Kier molecular flexibility index (Phi) is 6.24. The van der Waals surface area contributed by atoms with E-state index in [1.165, 1.54) is 18.4 Å². The summed E-state index contributed by atoms with van der Waals surface area (Å²) >= 11 is 0. The molecule has 1 amide bonds. The number of carbonyl (C=O) groups excluding carboxylic acids is 1. The molecule has 3 nitrogen and oxygen atoms in total.